The Labute approximate surface area is 140 Å². The van der Waals surface area contributed by atoms with E-state index in [1.54, 1.807) is 6.07 Å². The lowest BCUT2D eigenvalue weighted by Crippen LogP contribution is -2.26. The molecule has 3 rings (SSSR count). The van der Waals surface area contributed by atoms with Gasteiger partial charge < -0.3 is 10.3 Å². The highest BCUT2D eigenvalue weighted by atomic mass is 16.2. The van der Waals surface area contributed by atoms with E-state index in [-0.39, 0.29) is 18.0 Å². The van der Waals surface area contributed by atoms with Gasteiger partial charge in [0.15, 0.2) is 0 Å². The van der Waals surface area contributed by atoms with E-state index >= 15 is 0 Å². The van der Waals surface area contributed by atoms with Crippen molar-refractivity contribution >= 4 is 5.91 Å². The molecule has 0 bridgehead atoms. The van der Waals surface area contributed by atoms with Crippen LogP contribution >= 0.6 is 0 Å². The summed E-state index contributed by atoms with van der Waals surface area (Å²) >= 11 is 0. The van der Waals surface area contributed by atoms with Crippen molar-refractivity contribution in [3.05, 3.63) is 57.0 Å². The van der Waals surface area contributed by atoms with E-state index in [9.17, 15) is 9.59 Å². The molecule has 0 aromatic carbocycles. The van der Waals surface area contributed by atoms with Gasteiger partial charge in [-0.15, -0.1) is 0 Å². The van der Waals surface area contributed by atoms with Crippen LogP contribution < -0.4 is 10.9 Å². The number of aromatic nitrogens is 3. The predicted octanol–water partition coefficient (Wildman–Crippen LogP) is 1.78. The maximum atomic E-state index is 12.3. The van der Waals surface area contributed by atoms with Crippen LogP contribution in [0.5, 0.6) is 0 Å². The topological polar surface area (TPSA) is 87.7 Å². The maximum absolute atomic E-state index is 12.3. The molecule has 2 aromatic rings. The van der Waals surface area contributed by atoms with Crippen molar-refractivity contribution < 1.29 is 4.79 Å². The summed E-state index contributed by atoms with van der Waals surface area (Å²) in [7, 11) is 0. The van der Waals surface area contributed by atoms with E-state index < -0.39 is 0 Å². The van der Waals surface area contributed by atoms with Crippen molar-refractivity contribution in [3.63, 3.8) is 0 Å². The van der Waals surface area contributed by atoms with Gasteiger partial charge in [0.1, 0.15) is 5.82 Å². The zero-order valence-corrected chi connectivity index (χ0v) is 14.1. The molecule has 2 N–H and O–H groups in total. The van der Waals surface area contributed by atoms with Gasteiger partial charge in [0.2, 0.25) is 5.56 Å². The third-order valence-electron chi connectivity index (χ3n) is 4.06. The number of carbonyl (C=O) groups excluding carboxylic acids is 1. The van der Waals surface area contributed by atoms with Gasteiger partial charge in [0.05, 0.1) is 6.54 Å². The van der Waals surface area contributed by atoms with Crippen LogP contribution in [0, 0.1) is 5.92 Å². The number of nitrogens with zero attached hydrogens (tertiary/aromatic N) is 2. The highest BCUT2D eigenvalue weighted by Gasteiger charge is 2.14. The molecule has 2 aromatic heterocycles. The fraction of sp³-hybridized carbons (Fsp3) is 0.444. The summed E-state index contributed by atoms with van der Waals surface area (Å²) in [5.74, 6) is 0.727. The number of nitrogens with one attached hydrogen (secondary N) is 2. The van der Waals surface area contributed by atoms with Crippen molar-refractivity contribution in [2.45, 2.75) is 46.1 Å². The van der Waals surface area contributed by atoms with Crippen LogP contribution in [0.1, 0.15) is 53.4 Å². The molecule has 0 aliphatic heterocycles. The van der Waals surface area contributed by atoms with Gasteiger partial charge in [-0.2, -0.15) is 0 Å². The summed E-state index contributed by atoms with van der Waals surface area (Å²) < 4.78 is 0. The van der Waals surface area contributed by atoms with Crippen LogP contribution in [0.4, 0.5) is 0 Å². The molecule has 1 aliphatic rings. The molecule has 0 saturated carbocycles. The zero-order valence-electron chi connectivity index (χ0n) is 14.1. The van der Waals surface area contributed by atoms with Crippen molar-refractivity contribution in [2.24, 2.45) is 5.92 Å². The molecule has 6 heteroatoms. The van der Waals surface area contributed by atoms with Crippen LogP contribution in [0.2, 0.25) is 0 Å². The smallest absolute Gasteiger partial charge is 0.251 e. The number of amides is 1. The molecule has 2 heterocycles. The molecule has 0 unspecified atom stereocenters. The predicted molar refractivity (Wildman–Crippen MR) is 90.8 cm³/mol. The Bertz CT molecular complexity index is 811. The van der Waals surface area contributed by atoms with Gasteiger partial charge in [-0.25, -0.2) is 9.97 Å². The van der Waals surface area contributed by atoms with E-state index in [0.29, 0.717) is 17.3 Å². The van der Waals surface area contributed by atoms with E-state index in [4.69, 9.17) is 0 Å². The average Bonchev–Trinajstić information content (AvgIpc) is 2.99. The monoisotopic (exact) mass is 326 g/mol. The number of H-pyrrole nitrogens is 1. The van der Waals surface area contributed by atoms with Crippen LogP contribution in [-0.4, -0.2) is 20.9 Å². The number of fused-ring (bicyclic) bond motifs is 1. The molecule has 0 spiro atoms. The summed E-state index contributed by atoms with van der Waals surface area (Å²) in [6.45, 7) is 4.39. The lowest BCUT2D eigenvalue weighted by molar-refractivity contribution is 0.0949. The molecule has 0 radical (unpaired) electrons. The lowest BCUT2D eigenvalue weighted by atomic mass is 10.1. The van der Waals surface area contributed by atoms with E-state index in [2.05, 4.69) is 34.1 Å². The number of pyridine rings is 1. The number of hydrogen-bond donors (Lipinski definition) is 2. The maximum Gasteiger partial charge on any atom is 0.251 e. The fourth-order valence-corrected chi connectivity index (χ4v) is 2.98. The number of rotatable bonds is 5. The molecule has 0 atom stereocenters. The third kappa shape index (κ3) is 3.88. The van der Waals surface area contributed by atoms with Crippen LogP contribution in [0.3, 0.4) is 0 Å². The van der Waals surface area contributed by atoms with Gasteiger partial charge in [0, 0.05) is 29.2 Å². The normalized spacial score (nSPS) is 13.1. The molecule has 6 nitrogen and oxygen atoms in total. The summed E-state index contributed by atoms with van der Waals surface area (Å²) in [5.41, 5.74) is 3.18. The molecule has 1 amide bonds. The van der Waals surface area contributed by atoms with E-state index in [1.807, 2.05) is 6.20 Å². The van der Waals surface area contributed by atoms with Crippen molar-refractivity contribution in [1.82, 2.24) is 20.3 Å². The van der Waals surface area contributed by atoms with E-state index in [0.717, 1.165) is 37.1 Å². The quantitative estimate of drug-likeness (QED) is 0.877. The number of aromatic amines is 1. The summed E-state index contributed by atoms with van der Waals surface area (Å²) in [4.78, 5) is 35.6. The Morgan fingerprint density at radius 2 is 2.17 bits per heavy atom. The molecular formula is C18H22N4O2. The minimum absolute atomic E-state index is 0.257. The Hall–Kier alpha value is -2.50. The fourth-order valence-electron chi connectivity index (χ4n) is 2.98. The summed E-state index contributed by atoms with van der Waals surface area (Å²) in [6.07, 6.45) is 5.71. The van der Waals surface area contributed by atoms with E-state index in [1.165, 1.54) is 11.6 Å². The average molecular weight is 326 g/mol. The molecule has 0 fully saturated rings. The molecule has 24 heavy (non-hydrogen) atoms. The van der Waals surface area contributed by atoms with Crippen LogP contribution in [0.25, 0.3) is 0 Å². The van der Waals surface area contributed by atoms with Gasteiger partial charge in [-0.1, -0.05) is 13.8 Å². The molecular weight excluding hydrogens is 304 g/mol. The minimum Gasteiger partial charge on any atom is -0.345 e. The van der Waals surface area contributed by atoms with Crippen molar-refractivity contribution in [3.8, 4) is 0 Å². The second-order valence-electron chi connectivity index (χ2n) is 6.65. The van der Waals surface area contributed by atoms with Crippen LogP contribution in [-0.2, 0) is 25.8 Å². The Balaban J connectivity index is 1.68. The third-order valence-corrected chi connectivity index (χ3v) is 4.06. The standard InChI is InChI=1S/C18H22N4O2/c1-11(2)6-14-7-13(8-17(23)21-14)18(24)20-10-16-19-9-12-4-3-5-15(12)22-16/h7-9,11H,3-6,10H2,1-2H3,(H,20,24)(H,21,23). The van der Waals surface area contributed by atoms with Gasteiger partial charge >= 0.3 is 0 Å². The Morgan fingerprint density at radius 1 is 1.33 bits per heavy atom. The van der Waals surface area contributed by atoms with Crippen molar-refractivity contribution in [2.75, 3.05) is 0 Å². The number of hydrogen-bond acceptors (Lipinski definition) is 4. The van der Waals surface area contributed by atoms with Gasteiger partial charge in [-0.3, -0.25) is 9.59 Å². The molecule has 0 saturated heterocycles. The summed E-state index contributed by atoms with van der Waals surface area (Å²) in [5, 5.41) is 2.80. The number of carbonyl (C=O) groups is 1. The zero-order chi connectivity index (χ0) is 17.1. The Kier molecular flexibility index (Phi) is 4.74. The minimum atomic E-state index is -0.282. The highest BCUT2D eigenvalue weighted by molar-refractivity contribution is 5.94. The van der Waals surface area contributed by atoms with Gasteiger partial charge in [-0.05, 0) is 43.2 Å². The molecule has 1 aliphatic carbocycles. The first-order chi connectivity index (χ1) is 11.5. The number of aryl methyl sites for hydroxylation is 2. The Morgan fingerprint density at radius 3 is 2.96 bits per heavy atom. The van der Waals surface area contributed by atoms with Crippen molar-refractivity contribution in [1.29, 1.82) is 0 Å². The van der Waals surface area contributed by atoms with Gasteiger partial charge in [0.25, 0.3) is 5.91 Å². The molecule has 126 valence electrons. The first-order valence-corrected chi connectivity index (χ1v) is 8.36. The first kappa shape index (κ1) is 16.4. The highest BCUT2D eigenvalue weighted by Crippen LogP contribution is 2.18. The lowest BCUT2D eigenvalue weighted by Gasteiger charge is -2.08. The first-order valence-electron chi connectivity index (χ1n) is 8.36. The van der Waals surface area contributed by atoms with Crippen LogP contribution in [0.15, 0.2) is 23.1 Å². The summed E-state index contributed by atoms with van der Waals surface area (Å²) in [6, 6.07) is 3.06. The second-order valence-corrected chi connectivity index (χ2v) is 6.65. The second kappa shape index (κ2) is 6.95. The SMILES string of the molecule is CC(C)Cc1cc(C(=O)NCc2ncc3c(n2)CCC3)cc(=O)[nH]1. The largest absolute Gasteiger partial charge is 0.345 e.